The van der Waals surface area contributed by atoms with E-state index in [1.807, 2.05) is 6.07 Å². The van der Waals surface area contributed by atoms with E-state index in [0.717, 1.165) is 22.9 Å². The highest BCUT2D eigenvalue weighted by Gasteiger charge is 2.33. The van der Waals surface area contributed by atoms with Crippen molar-refractivity contribution in [3.63, 3.8) is 0 Å². The predicted molar refractivity (Wildman–Crippen MR) is 73.0 cm³/mol. The summed E-state index contributed by atoms with van der Waals surface area (Å²) in [5, 5.41) is 8.77. The van der Waals surface area contributed by atoms with Crippen LogP contribution in [0.1, 0.15) is 24.0 Å². The lowest BCUT2D eigenvalue weighted by molar-refractivity contribution is -0.119. The van der Waals surface area contributed by atoms with Gasteiger partial charge in [0.05, 0.1) is 16.5 Å². The minimum Gasteiger partial charge on any atom is -0.298 e. The Kier molecular flexibility index (Phi) is 4.01. The molecule has 17 heavy (non-hydrogen) atoms. The van der Waals surface area contributed by atoms with Gasteiger partial charge in [0.15, 0.2) is 0 Å². The van der Waals surface area contributed by atoms with Crippen LogP contribution in [0, 0.1) is 17.2 Å². The first-order chi connectivity index (χ1) is 8.11. The molecule has 0 aliphatic heterocycles. The van der Waals surface area contributed by atoms with Gasteiger partial charge in [-0.05, 0) is 37.0 Å². The Morgan fingerprint density at radius 2 is 2.24 bits per heavy atom. The van der Waals surface area contributed by atoms with Crippen LogP contribution in [0.2, 0.25) is 0 Å². The number of ketones is 1. The quantitative estimate of drug-likeness (QED) is 0.773. The largest absolute Gasteiger partial charge is 0.298 e. The van der Waals surface area contributed by atoms with Crippen molar-refractivity contribution in [2.45, 2.75) is 24.1 Å². The van der Waals surface area contributed by atoms with Crippen molar-refractivity contribution in [2.75, 3.05) is 0 Å². The molecule has 0 bridgehead atoms. The first-order valence-electron chi connectivity index (χ1n) is 5.48. The molecule has 0 saturated heterocycles. The average Bonchev–Trinajstić information content (AvgIpc) is 3.14. The maximum absolute atomic E-state index is 11.8. The van der Waals surface area contributed by atoms with Gasteiger partial charge >= 0.3 is 0 Å². The van der Waals surface area contributed by atoms with Crippen LogP contribution in [-0.2, 0) is 11.2 Å². The van der Waals surface area contributed by atoms with Crippen LogP contribution in [-0.4, -0.2) is 10.6 Å². The molecule has 2 nitrogen and oxygen atoms in total. The lowest BCUT2D eigenvalue weighted by atomic mass is 10.0. The average molecular weight is 357 g/mol. The Balaban J connectivity index is 2.08. The zero-order chi connectivity index (χ0) is 12.4. The molecule has 0 radical (unpaired) electrons. The second-order valence-electron chi connectivity index (χ2n) is 4.27. The molecule has 1 aromatic carbocycles. The molecule has 2 rings (SSSR count). The minimum absolute atomic E-state index is 0.112. The number of hydrogen-bond acceptors (Lipinski definition) is 2. The third kappa shape index (κ3) is 3.17. The fourth-order valence-corrected chi connectivity index (χ4v) is 2.96. The van der Waals surface area contributed by atoms with E-state index in [9.17, 15) is 4.79 Å². The van der Waals surface area contributed by atoms with Crippen molar-refractivity contribution in [3.05, 3.63) is 33.8 Å². The second-order valence-corrected chi connectivity index (χ2v) is 6.23. The minimum atomic E-state index is -0.112. The van der Waals surface area contributed by atoms with Crippen LogP contribution >= 0.6 is 31.9 Å². The fraction of sp³-hybridized carbons (Fsp3) is 0.385. The summed E-state index contributed by atoms with van der Waals surface area (Å²) in [6.45, 7) is 0. The van der Waals surface area contributed by atoms with Gasteiger partial charge in [-0.2, -0.15) is 5.26 Å². The number of alkyl halides is 1. The molecule has 1 unspecified atom stereocenters. The summed E-state index contributed by atoms with van der Waals surface area (Å²) in [6.07, 6.45) is 2.74. The number of halogens is 2. The molecule has 0 amide bonds. The zero-order valence-corrected chi connectivity index (χ0v) is 12.3. The summed E-state index contributed by atoms with van der Waals surface area (Å²) in [5.74, 6) is 0.581. The van der Waals surface area contributed by atoms with Gasteiger partial charge in [-0.1, -0.05) is 37.9 Å². The SMILES string of the molecule is N#Cc1ccc(CC(Br)C(=O)C2CC2)c(Br)c1. The highest BCUT2D eigenvalue weighted by atomic mass is 79.9. The standard InChI is InChI=1S/C13H11Br2NO/c14-11-5-8(7-16)1-2-10(11)6-12(15)13(17)9-3-4-9/h1-2,5,9,12H,3-4,6H2. The van der Waals surface area contributed by atoms with Crippen LogP contribution in [0.5, 0.6) is 0 Å². The first-order valence-corrected chi connectivity index (χ1v) is 7.19. The smallest absolute Gasteiger partial charge is 0.149 e. The van der Waals surface area contributed by atoms with Gasteiger partial charge in [0.25, 0.3) is 0 Å². The van der Waals surface area contributed by atoms with Gasteiger partial charge in [0, 0.05) is 10.4 Å². The van der Waals surface area contributed by atoms with Gasteiger partial charge in [0.2, 0.25) is 0 Å². The molecule has 1 atom stereocenters. The van der Waals surface area contributed by atoms with E-state index in [1.54, 1.807) is 12.1 Å². The molecule has 0 N–H and O–H groups in total. The van der Waals surface area contributed by atoms with Crippen LogP contribution < -0.4 is 0 Å². The van der Waals surface area contributed by atoms with E-state index < -0.39 is 0 Å². The number of benzene rings is 1. The van der Waals surface area contributed by atoms with Crippen molar-refractivity contribution in [1.82, 2.24) is 0 Å². The highest BCUT2D eigenvalue weighted by Crippen LogP contribution is 2.34. The number of nitriles is 1. The van der Waals surface area contributed by atoms with Gasteiger partial charge in [0.1, 0.15) is 5.78 Å². The Labute approximate surface area is 117 Å². The van der Waals surface area contributed by atoms with E-state index in [2.05, 4.69) is 37.9 Å². The van der Waals surface area contributed by atoms with Crippen molar-refractivity contribution in [3.8, 4) is 6.07 Å². The van der Waals surface area contributed by atoms with Crippen LogP contribution in [0.4, 0.5) is 0 Å². The maximum atomic E-state index is 11.8. The van der Waals surface area contributed by atoms with Gasteiger partial charge in [-0.3, -0.25) is 4.79 Å². The Morgan fingerprint density at radius 3 is 2.76 bits per heavy atom. The molecular weight excluding hydrogens is 346 g/mol. The number of Topliss-reactive ketones (excluding diaryl/α,β-unsaturated/α-hetero) is 1. The molecule has 0 aromatic heterocycles. The molecule has 88 valence electrons. The molecule has 1 saturated carbocycles. The molecular formula is C13H11Br2NO. The predicted octanol–water partition coefficient (Wildman–Crippen LogP) is 3.61. The maximum Gasteiger partial charge on any atom is 0.149 e. The summed E-state index contributed by atoms with van der Waals surface area (Å²) in [4.78, 5) is 11.7. The summed E-state index contributed by atoms with van der Waals surface area (Å²) in [6, 6.07) is 7.56. The highest BCUT2D eigenvalue weighted by molar-refractivity contribution is 9.10. The van der Waals surface area contributed by atoms with Crippen molar-refractivity contribution in [2.24, 2.45) is 5.92 Å². The topological polar surface area (TPSA) is 40.9 Å². The third-order valence-electron chi connectivity index (χ3n) is 2.87. The van der Waals surface area contributed by atoms with E-state index in [1.165, 1.54) is 0 Å². The Bertz CT molecular complexity index is 489. The van der Waals surface area contributed by atoms with Crippen LogP contribution in [0.3, 0.4) is 0 Å². The lowest BCUT2D eigenvalue weighted by Crippen LogP contribution is -2.18. The second kappa shape index (κ2) is 5.32. The molecule has 1 aliphatic carbocycles. The number of carbonyl (C=O) groups excluding carboxylic acids is 1. The normalized spacial score (nSPS) is 16.3. The zero-order valence-electron chi connectivity index (χ0n) is 9.12. The molecule has 0 heterocycles. The van der Waals surface area contributed by atoms with E-state index in [4.69, 9.17) is 5.26 Å². The van der Waals surface area contributed by atoms with Crippen molar-refractivity contribution >= 4 is 37.6 Å². The molecule has 0 spiro atoms. The van der Waals surface area contributed by atoms with Crippen LogP contribution in [0.25, 0.3) is 0 Å². The summed E-state index contributed by atoms with van der Waals surface area (Å²) in [5.41, 5.74) is 1.68. The summed E-state index contributed by atoms with van der Waals surface area (Å²) in [7, 11) is 0. The van der Waals surface area contributed by atoms with Crippen molar-refractivity contribution in [1.29, 1.82) is 5.26 Å². The third-order valence-corrected chi connectivity index (χ3v) is 4.38. The Hall–Kier alpha value is -0.660. The number of nitrogens with zero attached hydrogens (tertiary/aromatic N) is 1. The molecule has 4 heteroatoms. The fourth-order valence-electron chi connectivity index (χ4n) is 1.70. The van der Waals surface area contributed by atoms with Gasteiger partial charge in [-0.15, -0.1) is 0 Å². The number of hydrogen-bond donors (Lipinski definition) is 0. The lowest BCUT2D eigenvalue weighted by Gasteiger charge is -2.10. The number of rotatable bonds is 4. The first kappa shape index (κ1) is 12.8. The summed E-state index contributed by atoms with van der Waals surface area (Å²) >= 11 is 6.89. The van der Waals surface area contributed by atoms with E-state index in [0.29, 0.717) is 17.8 Å². The number of carbonyl (C=O) groups is 1. The van der Waals surface area contributed by atoms with Crippen molar-refractivity contribution < 1.29 is 4.79 Å². The molecule has 1 aromatic rings. The van der Waals surface area contributed by atoms with Gasteiger partial charge in [-0.25, -0.2) is 0 Å². The van der Waals surface area contributed by atoms with E-state index in [-0.39, 0.29) is 10.7 Å². The van der Waals surface area contributed by atoms with Crippen LogP contribution in [0.15, 0.2) is 22.7 Å². The van der Waals surface area contributed by atoms with E-state index >= 15 is 0 Å². The van der Waals surface area contributed by atoms with Gasteiger partial charge < -0.3 is 0 Å². The monoisotopic (exact) mass is 355 g/mol. The Morgan fingerprint density at radius 1 is 1.53 bits per heavy atom. The molecule has 1 aliphatic rings. The molecule has 1 fully saturated rings. The summed E-state index contributed by atoms with van der Waals surface area (Å²) < 4.78 is 0.893.